The van der Waals surface area contributed by atoms with Crippen molar-refractivity contribution < 1.29 is 14.1 Å². The molecular weight excluding hydrogens is 490 g/mol. The summed E-state index contributed by atoms with van der Waals surface area (Å²) < 4.78 is 7.26. The Morgan fingerprint density at radius 1 is 1.11 bits per heavy atom. The van der Waals surface area contributed by atoms with Gasteiger partial charge in [-0.1, -0.05) is 35.6 Å². The molecule has 174 valence electrons. The number of hydrogen-bond acceptors (Lipinski definition) is 9. The van der Waals surface area contributed by atoms with Gasteiger partial charge in [-0.3, -0.25) is 20.2 Å². The highest BCUT2D eigenvalue weighted by molar-refractivity contribution is 7.80. The first-order valence-electron chi connectivity index (χ1n) is 10.1. The number of carbonyl (C=O) groups excluding carboxylic acids is 1. The van der Waals surface area contributed by atoms with Crippen molar-refractivity contribution >= 4 is 50.9 Å². The molecule has 5 rings (SSSR count). The highest BCUT2D eigenvalue weighted by Gasteiger charge is 2.16. The van der Waals surface area contributed by atoms with Crippen LogP contribution in [0.15, 0.2) is 65.1 Å². The van der Waals surface area contributed by atoms with E-state index in [9.17, 15) is 14.9 Å². The van der Waals surface area contributed by atoms with Crippen LogP contribution in [0.1, 0.15) is 16.4 Å². The van der Waals surface area contributed by atoms with Crippen LogP contribution in [0.5, 0.6) is 0 Å². The molecule has 5 aromatic rings. The van der Waals surface area contributed by atoms with E-state index in [1.807, 2.05) is 25.1 Å². The van der Waals surface area contributed by atoms with Gasteiger partial charge in [-0.15, -0.1) is 10.2 Å². The van der Waals surface area contributed by atoms with Crippen molar-refractivity contribution in [1.29, 1.82) is 0 Å². The van der Waals surface area contributed by atoms with E-state index in [4.69, 9.17) is 16.6 Å². The number of hydrogen-bond donors (Lipinski definition) is 2. The minimum absolute atomic E-state index is 0.0134. The molecule has 0 aliphatic heterocycles. The van der Waals surface area contributed by atoms with Crippen LogP contribution in [0.3, 0.4) is 0 Å². The minimum Gasteiger partial charge on any atom is -0.451 e. The monoisotopic (exact) mass is 505 g/mol. The Morgan fingerprint density at radius 2 is 1.91 bits per heavy atom. The maximum atomic E-state index is 12.6. The standard InChI is InChI=1S/C22H15N7O4S2/c1-12-25-26-22-28(12)27-20(35-22)14-5-2-6-15(10-14)23-21(34)24-19(30)18-9-8-17(33-18)13-4-3-7-16(11-13)29(31)32/h2-11H,1H3,(H2,23,24,30,34). The summed E-state index contributed by atoms with van der Waals surface area (Å²) in [4.78, 5) is 23.8. The van der Waals surface area contributed by atoms with Crippen LogP contribution in [0.2, 0.25) is 0 Å². The number of aryl methyl sites for hydroxylation is 1. The van der Waals surface area contributed by atoms with Gasteiger partial charge in [-0.25, -0.2) is 0 Å². The first kappa shape index (κ1) is 22.3. The highest BCUT2D eigenvalue weighted by atomic mass is 32.1. The molecular formula is C22H15N7O4S2. The molecule has 0 saturated heterocycles. The normalized spacial score (nSPS) is 10.9. The number of nitrogens with zero attached hydrogens (tertiary/aromatic N) is 5. The van der Waals surface area contributed by atoms with Gasteiger partial charge in [0.25, 0.3) is 11.6 Å². The number of non-ortho nitro benzene ring substituents is 1. The van der Waals surface area contributed by atoms with Crippen molar-refractivity contribution in [3.05, 3.63) is 82.4 Å². The number of furan rings is 1. The van der Waals surface area contributed by atoms with Crippen LogP contribution >= 0.6 is 23.6 Å². The van der Waals surface area contributed by atoms with Gasteiger partial charge >= 0.3 is 0 Å². The van der Waals surface area contributed by atoms with Crippen molar-refractivity contribution in [3.8, 4) is 21.9 Å². The van der Waals surface area contributed by atoms with E-state index in [1.54, 1.807) is 28.8 Å². The number of thiocarbonyl (C=S) groups is 1. The molecule has 1 amide bonds. The molecule has 0 radical (unpaired) electrons. The first-order chi connectivity index (χ1) is 16.9. The summed E-state index contributed by atoms with van der Waals surface area (Å²) in [6.07, 6.45) is 0. The maximum Gasteiger partial charge on any atom is 0.293 e. The second-order valence-electron chi connectivity index (χ2n) is 7.31. The zero-order chi connectivity index (χ0) is 24.5. The van der Waals surface area contributed by atoms with Gasteiger partial charge in [0.05, 0.1) is 4.92 Å². The molecule has 3 heterocycles. The molecule has 0 saturated carbocycles. The average molecular weight is 506 g/mol. The fourth-order valence-corrected chi connectivity index (χ4v) is 4.37. The summed E-state index contributed by atoms with van der Waals surface area (Å²) in [6, 6.07) is 16.4. The molecule has 2 N–H and O–H groups in total. The molecule has 0 atom stereocenters. The van der Waals surface area contributed by atoms with Crippen LogP contribution in [-0.4, -0.2) is 35.8 Å². The lowest BCUT2D eigenvalue weighted by molar-refractivity contribution is -0.384. The summed E-state index contributed by atoms with van der Waals surface area (Å²) in [6.45, 7) is 1.83. The molecule has 0 fully saturated rings. The fourth-order valence-electron chi connectivity index (χ4n) is 3.28. The number of anilines is 1. The third-order valence-electron chi connectivity index (χ3n) is 4.91. The zero-order valence-electron chi connectivity index (χ0n) is 18.0. The number of aromatic nitrogens is 4. The van der Waals surface area contributed by atoms with Crippen LogP contribution in [-0.2, 0) is 0 Å². The molecule has 0 aliphatic carbocycles. The predicted molar refractivity (Wildman–Crippen MR) is 133 cm³/mol. The smallest absolute Gasteiger partial charge is 0.293 e. The first-order valence-corrected chi connectivity index (χ1v) is 11.4. The summed E-state index contributed by atoms with van der Waals surface area (Å²) in [5.41, 5.74) is 1.92. The quantitative estimate of drug-likeness (QED) is 0.201. The van der Waals surface area contributed by atoms with Crippen molar-refractivity contribution in [1.82, 2.24) is 25.1 Å². The van der Waals surface area contributed by atoms with Crippen molar-refractivity contribution in [2.75, 3.05) is 5.32 Å². The number of nitro groups is 1. The molecule has 11 nitrogen and oxygen atoms in total. The molecule has 13 heteroatoms. The van der Waals surface area contributed by atoms with Crippen molar-refractivity contribution in [2.45, 2.75) is 6.92 Å². The number of nitro benzene ring substituents is 1. The lowest BCUT2D eigenvalue weighted by Gasteiger charge is -2.09. The van der Waals surface area contributed by atoms with Crippen molar-refractivity contribution in [3.63, 3.8) is 0 Å². The van der Waals surface area contributed by atoms with Crippen LogP contribution in [0.25, 0.3) is 26.9 Å². The lowest BCUT2D eigenvalue weighted by atomic mass is 10.1. The van der Waals surface area contributed by atoms with Gasteiger partial charge < -0.3 is 9.73 Å². The van der Waals surface area contributed by atoms with Crippen LogP contribution < -0.4 is 10.6 Å². The van der Waals surface area contributed by atoms with E-state index in [-0.39, 0.29) is 16.6 Å². The van der Waals surface area contributed by atoms with Gasteiger partial charge in [0.15, 0.2) is 16.7 Å². The SMILES string of the molecule is Cc1nnc2sc(-c3cccc(NC(=S)NC(=O)c4ccc(-c5cccc([N+](=O)[O-])c5)o4)c3)nn12. The Morgan fingerprint density at radius 3 is 2.71 bits per heavy atom. The zero-order valence-corrected chi connectivity index (χ0v) is 19.6. The van der Waals surface area contributed by atoms with E-state index in [1.165, 1.54) is 29.5 Å². The van der Waals surface area contributed by atoms with E-state index in [2.05, 4.69) is 25.9 Å². The second kappa shape index (κ2) is 9.04. The summed E-state index contributed by atoms with van der Waals surface area (Å²) in [7, 11) is 0. The van der Waals surface area contributed by atoms with Crippen molar-refractivity contribution in [2.24, 2.45) is 0 Å². The van der Waals surface area contributed by atoms with Gasteiger partial charge in [0.2, 0.25) is 4.96 Å². The number of amides is 1. The molecule has 2 aromatic carbocycles. The van der Waals surface area contributed by atoms with E-state index in [0.29, 0.717) is 27.8 Å². The Balaban J connectivity index is 1.26. The van der Waals surface area contributed by atoms with Crippen LogP contribution in [0.4, 0.5) is 11.4 Å². The third-order valence-corrected chi connectivity index (χ3v) is 6.06. The Labute approximate surface area is 206 Å². The Bertz CT molecular complexity index is 1600. The second-order valence-corrected chi connectivity index (χ2v) is 8.67. The number of rotatable bonds is 5. The largest absolute Gasteiger partial charge is 0.451 e. The van der Waals surface area contributed by atoms with Gasteiger partial charge in [0, 0.05) is 28.9 Å². The fraction of sp³-hybridized carbons (Fsp3) is 0.0455. The van der Waals surface area contributed by atoms with E-state index < -0.39 is 10.8 Å². The lowest BCUT2D eigenvalue weighted by Crippen LogP contribution is -2.33. The molecule has 35 heavy (non-hydrogen) atoms. The molecule has 0 bridgehead atoms. The van der Waals surface area contributed by atoms with Gasteiger partial charge in [-0.05, 0) is 43.4 Å². The van der Waals surface area contributed by atoms with E-state index >= 15 is 0 Å². The topological polar surface area (TPSA) is 140 Å². The summed E-state index contributed by atoms with van der Waals surface area (Å²) >= 11 is 6.69. The van der Waals surface area contributed by atoms with Gasteiger partial charge in [0.1, 0.15) is 10.8 Å². The molecule has 0 aliphatic rings. The minimum atomic E-state index is -0.556. The average Bonchev–Trinajstić information content (AvgIpc) is 3.57. The number of fused-ring (bicyclic) bond motifs is 1. The number of benzene rings is 2. The van der Waals surface area contributed by atoms with Gasteiger partial charge in [-0.2, -0.15) is 9.61 Å². The predicted octanol–water partition coefficient (Wildman–Crippen LogP) is 4.46. The molecule has 3 aromatic heterocycles. The number of carbonyl (C=O) groups is 1. The Kier molecular flexibility index (Phi) is 5.76. The summed E-state index contributed by atoms with van der Waals surface area (Å²) in [5, 5.41) is 30.0. The maximum absolute atomic E-state index is 12.6. The molecule has 0 spiro atoms. The van der Waals surface area contributed by atoms with E-state index in [0.717, 1.165) is 10.6 Å². The third kappa shape index (κ3) is 4.62. The van der Waals surface area contributed by atoms with Crippen LogP contribution in [0, 0.1) is 17.0 Å². The number of nitrogens with one attached hydrogen (secondary N) is 2. The summed E-state index contributed by atoms with van der Waals surface area (Å²) in [5.74, 6) is 0.483. The Hall–Kier alpha value is -4.49. The molecule has 0 unspecified atom stereocenters. The highest BCUT2D eigenvalue weighted by Crippen LogP contribution is 2.28.